The Balaban J connectivity index is 2.00. The summed E-state index contributed by atoms with van der Waals surface area (Å²) < 4.78 is 0. The second-order valence-corrected chi connectivity index (χ2v) is 5.08. The molecule has 0 radical (unpaired) electrons. The van der Waals surface area contributed by atoms with Crippen LogP contribution in [0, 0.1) is 13.8 Å². The Kier molecular flexibility index (Phi) is 2.34. The summed E-state index contributed by atoms with van der Waals surface area (Å²) >= 11 is 0. The quantitative estimate of drug-likeness (QED) is 0.762. The van der Waals surface area contributed by atoms with Crippen molar-refractivity contribution in [3.8, 4) is 0 Å². The molecule has 1 aromatic heterocycles. The summed E-state index contributed by atoms with van der Waals surface area (Å²) in [5.41, 5.74) is 2.44. The van der Waals surface area contributed by atoms with Gasteiger partial charge in [-0.05, 0) is 39.5 Å². The van der Waals surface area contributed by atoms with Crippen LogP contribution < -0.4 is 4.90 Å². The molecule has 0 spiro atoms. The highest BCUT2D eigenvalue weighted by Gasteiger charge is 2.28. The smallest absolute Gasteiger partial charge is 0.135 e. The fourth-order valence-corrected chi connectivity index (χ4v) is 2.40. The van der Waals surface area contributed by atoms with Crippen LogP contribution in [0.15, 0.2) is 0 Å². The van der Waals surface area contributed by atoms with Gasteiger partial charge in [-0.15, -0.1) is 0 Å². The fourth-order valence-electron chi connectivity index (χ4n) is 2.40. The first-order chi connectivity index (χ1) is 7.75. The molecule has 1 aromatic rings. The fraction of sp³-hybridized carbons (Fsp3) is 0.692. The largest absolute Gasteiger partial charge is 0.356 e. The van der Waals surface area contributed by atoms with E-state index in [1.54, 1.807) is 0 Å². The Morgan fingerprint density at radius 2 is 1.75 bits per heavy atom. The van der Waals surface area contributed by atoms with Crippen molar-refractivity contribution in [2.75, 3.05) is 18.0 Å². The normalized spacial score (nSPS) is 20.5. The summed E-state index contributed by atoms with van der Waals surface area (Å²) in [5, 5.41) is 0. The second kappa shape index (κ2) is 3.72. The number of aryl methyl sites for hydroxylation is 1. The van der Waals surface area contributed by atoms with Crippen molar-refractivity contribution in [1.29, 1.82) is 0 Å². The molecule has 1 saturated heterocycles. The maximum atomic E-state index is 4.79. The topological polar surface area (TPSA) is 29.0 Å². The molecule has 3 heteroatoms. The van der Waals surface area contributed by atoms with Gasteiger partial charge in [-0.1, -0.05) is 0 Å². The van der Waals surface area contributed by atoms with Gasteiger partial charge in [0, 0.05) is 30.3 Å². The third-order valence-electron chi connectivity index (χ3n) is 3.73. The van der Waals surface area contributed by atoms with Crippen LogP contribution in [0.3, 0.4) is 0 Å². The van der Waals surface area contributed by atoms with Crippen LogP contribution in [-0.2, 0) is 0 Å². The molecule has 0 amide bonds. The molecule has 1 saturated carbocycles. The van der Waals surface area contributed by atoms with Gasteiger partial charge in [0.15, 0.2) is 0 Å². The van der Waals surface area contributed by atoms with Crippen molar-refractivity contribution < 1.29 is 0 Å². The van der Waals surface area contributed by atoms with Crippen LogP contribution in [-0.4, -0.2) is 23.1 Å². The molecule has 0 aromatic carbocycles. The Bertz CT molecular complexity index is 404. The zero-order valence-corrected chi connectivity index (χ0v) is 10.2. The highest BCUT2D eigenvalue weighted by atomic mass is 15.2. The Morgan fingerprint density at radius 1 is 1.06 bits per heavy atom. The number of hydrogen-bond donors (Lipinski definition) is 0. The van der Waals surface area contributed by atoms with E-state index in [1.807, 2.05) is 0 Å². The van der Waals surface area contributed by atoms with E-state index in [1.165, 1.54) is 55.8 Å². The lowest BCUT2D eigenvalue weighted by molar-refractivity contribution is 0.846. The first-order valence-electron chi connectivity index (χ1n) is 6.36. The zero-order chi connectivity index (χ0) is 11.1. The molecule has 86 valence electrons. The molecule has 0 bridgehead atoms. The minimum Gasteiger partial charge on any atom is -0.356 e. The van der Waals surface area contributed by atoms with Crippen molar-refractivity contribution >= 4 is 5.82 Å². The molecule has 16 heavy (non-hydrogen) atoms. The van der Waals surface area contributed by atoms with E-state index < -0.39 is 0 Å². The first-order valence-corrected chi connectivity index (χ1v) is 6.36. The number of rotatable bonds is 2. The van der Waals surface area contributed by atoms with Gasteiger partial charge >= 0.3 is 0 Å². The first kappa shape index (κ1) is 10.1. The molecule has 2 heterocycles. The number of anilines is 1. The van der Waals surface area contributed by atoms with Crippen LogP contribution in [0.25, 0.3) is 0 Å². The monoisotopic (exact) mass is 217 g/mol. The summed E-state index contributed by atoms with van der Waals surface area (Å²) in [6.45, 7) is 6.60. The lowest BCUT2D eigenvalue weighted by Gasteiger charge is -2.20. The molecule has 3 nitrogen and oxygen atoms in total. The Labute approximate surface area is 96.9 Å². The molecule has 3 rings (SSSR count). The van der Waals surface area contributed by atoms with E-state index in [-0.39, 0.29) is 0 Å². The standard InChI is InChI=1S/C13H19N3/c1-9-10(2)14-12(11-5-6-11)15-13(9)16-7-3-4-8-16/h11H,3-8H2,1-2H3. The summed E-state index contributed by atoms with van der Waals surface area (Å²) in [4.78, 5) is 11.8. The van der Waals surface area contributed by atoms with E-state index in [4.69, 9.17) is 4.98 Å². The van der Waals surface area contributed by atoms with Crippen LogP contribution in [0.4, 0.5) is 5.82 Å². The van der Waals surface area contributed by atoms with Crippen molar-refractivity contribution in [1.82, 2.24) is 9.97 Å². The van der Waals surface area contributed by atoms with E-state index in [9.17, 15) is 0 Å². The van der Waals surface area contributed by atoms with Gasteiger partial charge in [0.25, 0.3) is 0 Å². The summed E-state index contributed by atoms with van der Waals surface area (Å²) in [6.07, 6.45) is 5.17. The SMILES string of the molecule is Cc1nc(C2CC2)nc(N2CCCC2)c1C. The predicted molar refractivity (Wildman–Crippen MR) is 64.9 cm³/mol. The van der Waals surface area contributed by atoms with Crippen molar-refractivity contribution in [2.45, 2.75) is 45.4 Å². The molecule has 1 aliphatic heterocycles. The Hall–Kier alpha value is -1.12. The minimum absolute atomic E-state index is 0.653. The number of nitrogens with zero attached hydrogens (tertiary/aromatic N) is 3. The number of hydrogen-bond acceptors (Lipinski definition) is 3. The van der Waals surface area contributed by atoms with Crippen LogP contribution in [0.2, 0.25) is 0 Å². The third-order valence-corrected chi connectivity index (χ3v) is 3.73. The van der Waals surface area contributed by atoms with E-state index >= 15 is 0 Å². The van der Waals surface area contributed by atoms with Crippen molar-refractivity contribution in [3.05, 3.63) is 17.1 Å². The maximum Gasteiger partial charge on any atom is 0.135 e. The molecule has 0 unspecified atom stereocenters. The van der Waals surface area contributed by atoms with Gasteiger partial charge in [0.05, 0.1) is 0 Å². The Morgan fingerprint density at radius 3 is 2.38 bits per heavy atom. The minimum atomic E-state index is 0.653. The van der Waals surface area contributed by atoms with E-state index in [2.05, 4.69) is 23.7 Å². The van der Waals surface area contributed by atoms with E-state index in [0.29, 0.717) is 5.92 Å². The van der Waals surface area contributed by atoms with Gasteiger partial charge in [-0.25, -0.2) is 9.97 Å². The van der Waals surface area contributed by atoms with Gasteiger partial charge in [0.2, 0.25) is 0 Å². The van der Waals surface area contributed by atoms with Crippen molar-refractivity contribution in [2.24, 2.45) is 0 Å². The van der Waals surface area contributed by atoms with Gasteiger partial charge in [-0.3, -0.25) is 0 Å². The summed E-state index contributed by atoms with van der Waals surface area (Å²) in [6, 6.07) is 0. The second-order valence-electron chi connectivity index (χ2n) is 5.08. The highest BCUT2D eigenvalue weighted by Crippen LogP contribution is 2.39. The summed E-state index contributed by atoms with van der Waals surface area (Å²) in [7, 11) is 0. The predicted octanol–water partition coefficient (Wildman–Crippen LogP) is 2.57. The maximum absolute atomic E-state index is 4.79. The van der Waals surface area contributed by atoms with E-state index in [0.717, 1.165) is 5.82 Å². The molecule has 0 atom stereocenters. The van der Waals surface area contributed by atoms with Crippen LogP contribution in [0.1, 0.15) is 48.7 Å². The number of aromatic nitrogens is 2. The molecule has 1 aliphatic carbocycles. The van der Waals surface area contributed by atoms with Gasteiger partial charge in [-0.2, -0.15) is 0 Å². The van der Waals surface area contributed by atoms with Crippen molar-refractivity contribution in [3.63, 3.8) is 0 Å². The average molecular weight is 217 g/mol. The molecular weight excluding hydrogens is 198 g/mol. The van der Waals surface area contributed by atoms with Crippen LogP contribution >= 0.6 is 0 Å². The molecule has 0 N–H and O–H groups in total. The van der Waals surface area contributed by atoms with Gasteiger partial charge < -0.3 is 4.90 Å². The highest BCUT2D eigenvalue weighted by molar-refractivity contribution is 5.49. The molecular formula is C13H19N3. The van der Waals surface area contributed by atoms with Crippen LogP contribution in [0.5, 0.6) is 0 Å². The zero-order valence-electron chi connectivity index (χ0n) is 10.2. The third kappa shape index (κ3) is 1.68. The molecule has 2 aliphatic rings. The molecule has 2 fully saturated rings. The lowest BCUT2D eigenvalue weighted by Crippen LogP contribution is -2.21. The lowest BCUT2D eigenvalue weighted by atomic mass is 10.2. The summed E-state index contributed by atoms with van der Waals surface area (Å²) in [5.74, 6) is 2.94. The van der Waals surface area contributed by atoms with Gasteiger partial charge in [0.1, 0.15) is 11.6 Å². The average Bonchev–Trinajstić information content (AvgIpc) is 2.98.